The van der Waals surface area contributed by atoms with Crippen LogP contribution in [-0.2, 0) is 18.4 Å². The van der Waals surface area contributed by atoms with Crippen LogP contribution in [-0.4, -0.2) is 40.7 Å². The molecule has 1 aromatic rings. The van der Waals surface area contributed by atoms with Crippen LogP contribution in [0.2, 0.25) is 0 Å². The first kappa shape index (κ1) is 12.1. The molecule has 0 aromatic carbocycles. The van der Waals surface area contributed by atoms with E-state index in [2.05, 4.69) is 10.4 Å². The zero-order valence-electron chi connectivity index (χ0n) is 10.7. The lowest BCUT2D eigenvalue weighted by Crippen LogP contribution is -2.41. The first-order valence-corrected chi connectivity index (χ1v) is 5.95. The van der Waals surface area contributed by atoms with Gasteiger partial charge in [-0.05, 0) is 19.9 Å². The first-order valence-electron chi connectivity index (χ1n) is 5.95. The molecule has 5 heteroatoms. The van der Waals surface area contributed by atoms with Crippen molar-refractivity contribution in [1.82, 2.24) is 20.0 Å². The Kier molecular flexibility index (Phi) is 3.19. The molecule has 2 heterocycles. The molecule has 94 valence electrons. The molecule has 1 amide bonds. The number of hydrogen-bond acceptors (Lipinski definition) is 3. The number of carbonyl (C=O) groups is 1. The summed E-state index contributed by atoms with van der Waals surface area (Å²) in [5.41, 5.74) is 0.828. The Hall–Kier alpha value is -1.36. The summed E-state index contributed by atoms with van der Waals surface area (Å²) in [6.07, 6.45) is 4.67. The standard InChI is InChI=1S/C12H20N4O/c1-12(4-5-13-9-12)11(17)15(2)7-10-6-14-16(3)8-10/h6,8,13H,4-5,7,9H2,1-3H3. The molecule has 1 unspecified atom stereocenters. The minimum absolute atomic E-state index is 0.214. The molecule has 17 heavy (non-hydrogen) atoms. The minimum Gasteiger partial charge on any atom is -0.341 e. The van der Waals surface area contributed by atoms with E-state index in [1.54, 1.807) is 15.8 Å². The Bertz CT molecular complexity index is 406. The lowest BCUT2D eigenvalue weighted by Gasteiger charge is -2.28. The van der Waals surface area contributed by atoms with Crippen molar-refractivity contribution >= 4 is 5.91 Å². The number of aromatic nitrogens is 2. The molecule has 1 aliphatic heterocycles. The number of hydrogen-bond donors (Lipinski definition) is 1. The maximum Gasteiger partial charge on any atom is 0.229 e. The van der Waals surface area contributed by atoms with Gasteiger partial charge in [0, 0.05) is 38.9 Å². The van der Waals surface area contributed by atoms with E-state index in [4.69, 9.17) is 0 Å². The summed E-state index contributed by atoms with van der Waals surface area (Å²) >= 11 is 0. The van der Waals surface area contributed by atoms with Crippen molar-refractivity contribution in [3.05, 3.63) is 18.0 Å². The van der Waals surface area contributed by atoms with E-state index in [1.807, 2.05) is 27.2 Å². The van der Waals surface area contributed by atoms with Gasteiger partial charge in [-0.3, -0.25) is 9.48 Å². The Labute approximate surface area is 102 Å². The Morgan fingerprint density at radius 1 is 1.71 bits per heavy atom. The Morgan fingerprint density at radius 3 is 3.00 bits per heavy atom. The predicted octanol–water partition coefficient (Wildman–Crippen LogP) is 0.378. The highest BCUT2D eigenvalue weighted by Crippen LogP contribution is 2.27. The topological polar surface area (TPSA) is 50.2 Å². The van der Waals surface area contributed by atoms with Crippen LogP contribution in [0.25, 0.3) is 0 Å². The zero-order chi connectivity index (χ0) is 12.5. The van der Waals surface area contributed by atoms with Gasteiger partial charge in [-0.2, -0.15) is 5.10 Å². The summed E-state index contributed by atoms with van der Waals surface area (Å²) in [6, 6.07) is 0. The number of aryl methyl sites for hydroxylation is 1. The molecule has 1 fully saturated rings. The number of nitrogens with one attached hydrogen (secondary N) is 1. The molecular formula is C12H20N4O. The third-order valence-electron chi connectivity index (χ3n) is 3.41. The van der Waals surface area contributed by atoms with Crippen molar-refractivity contribution < 1.29 is 4.79 Å². The second-order valence-corrected chi connectivity index (χ2v) is 5.17. The summed E-state index contributed by atoms with van der Waals surface area (Å²) in [5.74, 6) is 0.214. The molecule has 1 N–H and O–H groups in total. The highest BCUT2D eigenvalue weighted by molar-refractivity contribution is 5.82. The quantitative estimate of drug-likeness (QED) is 0.825. The van der Waals surface area contributed by atoms with Crippen molar-refractivity contribution in [3.63, 3.8) is 0 Å². The monoisotopic (exact) mass is 236 g/mol. The molecule has 1 aliphatic rings. The van der Waals surface area contributed by atoms with Gasteiger partial charge in [0.15, 0.2) is 0 Å². The molecule has 0 aliphatic carbocycles. The highest BCUT2D eigenvalue weighted by Gasteiger charge is 2.38. The average molecular weight is 236 g/mol. The van der Waals surface area contributed by atoms with Crippen LogP contribution in [0, 0.1) is 5.41 Å². The van der Waals surface area contributed by atoms with Crippen LogP contribution in [0.3, 0.4) is 0 Å². The minimum atomic E-state index is -0.239. The fourth-order valence-corrected chi connectivity index (χ4v) is 2.36. The maximum atomic E-state index is 12.3. The van der Waals surface area contributed by atoms with Crippen molar-refractivity contribution in [2.75, 3.05) is 20.1 Å². The number of rotatable bonds is 3. The maximum absolute atomic E-state index is 12.3. The van der Waals surface area contributed by atoms with Crippen molar-refractivity contribution in [2.24, 2.45) is 12.5 Å². The molecule has 0 radical (unpaired) electrons. The van der Waals surface area contributed by atoms with E-state index in [-0.39, 0.29) is 11.3 Å². The van der Waals surface area contributed by atoms with Crippen LogP contribution in [0.1, 0.15) is 18.9 Å². The molecule has 1 saturated heterocycles. The molecule has 2 rings (SSSR count). The van der Waals surface area contributed by atoms with E-state index < -0.39 is 0 Å². The lowest BCUT2D eigenvalue weighted by molar-refractivity contribution is -0.139. The van der Waals surface area contributed by atoms with Gasteiger partial charge in [0.2, 0.25) is 5.91 Å². The molecule has 0 spiro atoms. The fraction of sp³-hybridized carbons (Fsp3) is 0.667. The second kappa shape index (κ2) is 4.49. The number of carbonyl (C=O) groups excluding carboxylic acids is 1. The third-order valence-corrected chi connectivity index (χ3v) is 3.41. The fourth-order valence-electron chi connectivity index (χ4n) is 2.36. The normalized spacial score (nSPS) is 23.9. The molecule has 1 aromatic heterocycles. The molecule has 1 atom stereocenters. The third kappa shape index (κ3) is 2.49. The zero-order valence-corrected chi connectivity index (χ0v) is 10.7. The van der Waals surface area contributed by atoms with Crippen molar-refractivity contribution in [1.29, 1.82) is 0 Å². The van der Waals surface area contributed by atoms with Gasteiger partial charge in [-0.1, -0.05) is 0 Å². The SMILES string of the molecule is CN(Cc1cnn(C)c1)C(=O)C1(C)CCNC1. The van der Waals surface area contributed by atoms with E-state index in [0.717, 1.165) is 25.1 Å². The highest BCUT2D eigenvalue weighted by atomic mass is 16.2. The Balaban J connectivity index is 2.00. The van der Waals surface area contributed by atoms with E-state index in [9.17, 15) is 4.79 Å². The molecular weight excluding hydrogens is 216 g/mol. The van der Waals surface area contributed by atoms with E-state index in [1.165, 1.54) is 0 Å². The average Bonchev–Trinajstić information content (AvgIpc) is 2.88. The van der Waals surface area contributed by atoms with Crippen LogP contribution < -0.4 is 5.32 Å². The lowest BCUT2D eigenvalue weighted by atomic mass is 9.88. The summed E-state index contributed by atoms with van der Waals surface area (Å²) in [5, 5.41) is 7.36. The van der Waals surface area contributed by atoms with Crippen LogP contribution >= 0.6 is 0 Å². The molecule has 0 saturated carbocycles. The summed E-state index contributed by atoms with van der Waals surface area (Å²) in [7, 11) is 3.74. The smallest absolute Gasteiger partial charge is 0.229 e. The van der Waals surface area contributed by atoms with E-state index in [0.29, 0.717) is 6.54 Å². The predicted molar refractivity (Wildman–Crippen MR) is 65.3 cm³/mol. The van der Waals surface area contributed by atoms with Gasteiger partial charge in [-0.15, -0.1) is 0 Å². The van der Waals surface area contributed by atoms with Gasteiger partial charge in [0.25, 0.3) is 0 Å². The van der Waals surface area contributed by atoms with Crippen LogP contribution in [0.15, 0.2) is 12.4 Å². The van der Waals surface area contributed by atoms with Crippen molar-refractivity contribution in [2.45, 2.75) is 19.9 Å². The first-order chi connectivity index (χ1) is 8.01. The van der Waals surface area contributed by atoms with Gasteiger partial charge in [0.05, 0.1) is 11.6 Å². The van der Waals surface area contributed by atoms with Crippen molar-refractivity contribution in [3.8, 4) is 0 Å². The number of nitrogens with zero attached hydrogens (tertiary/aromatic N) is 3. The number of amides is 1. The summed E-state index contributed by atoms with van der Waals surface area (Å²) in [4.78, 5) is 14.1. The largest absolute Gasteiger partial charge is 0.341 e. The second-order valence-electron chi connectivity index (χ2n) is 5.17. The Morgan fingerprint density at radius 2 is 2.47 bits per heavy atom. The summed E-state index contributed by atoms with van der Waals surface area (Å²) < 4.78 is 1.76. The van der Waals surface area contributed by atoms with Gasteiger partial charge in [-0.25, -0.2) is 0 Å². The van der Waals surface area contributed by atoms with Crippen LogP contribution in [0.4, 0.5) is 0 Å². The summed E-state index contributed by atoms with van der Waals surface area (Å²) in [6.45, 7) is 4.38. The van der Waals surface area contributed by atoms with E-state index >= 15 is 0 Å². The molecule has 5 nitrogen and oxygen atoms in total. The molecule has 0 bridgehead atoms. The van der Waals surface area contributed by atoms with Crippen LogP contribution in [0.5, 0.6) is 0 Å². The van der Waals surface area contributed by atoms with Gasteiger partial charge >= 0.3 is 0 Å². The van der Waals surface area contributed by atoms with Gasteiger partial charge in [0.1, 0.15) is 0 Å². The van der Waals surface area contributed by atoms with Gasteiger partial charge < -0.3 is 10.2 Å².